The zero-order valence-corrected chi connectivity index (χ0v) is 16.0. The molecule has 0 saturated carbocycles. The first kappa shape index (κ1) is 17.4. The summed E-state index contributed by atoms with van der Waals surface area (Å²) in [6.07, 6.45) is 2.20. The Labute approximate surface area is 161 Å². The summed E-state index contributed by atoms with van der Waals surface area (Å²) in [6.45, 7) is 6.84. The van der Waals surface area contributed by atoms with Crippen molar-refractivity contribution in [3.63, 3.8) is 0 Å². The summed E-state index contributed by atoms with van der Waals surface area (Å²) < 4.78 is 12.1. The first-order valence-electron chi connectivity index (χ1n) is 9.38. The van der Waals surface area contributed by atoms with Crippen LogP contribution in [0.1, 0.15) is 23.6 Å². The Bertz CT molecular complexity index is 969. The van der Waals surface area contributed by atoms with Gasteiger partial charge in [0.1, 0.15) is 24.2 Å². The lowest BCUT2D eigenvalue weighted by atomic mass is 9.96. The number of hydrogen-bond donors (Lipinski definition) is 0. The van der Waals surface area contributed by atoms with Crippen LogP contribution in [-0.4, -0.2) is 12.7 Å². The molecular weight excluding hydrogens is 332 g/mol. The van der Waals surface area contributed by atoms with Gasteiger partial charge in [0, 0.05) is 5.56 Å². The third-order valence-electron chi connectivity index (χ3n) is 5.12. The number of hydrogen-bond acceptors (Lipinski definition) is 2. The highest BCUT2D eigenvalue weighted by Gasteiger charge is 2.21. The van der Waals surface area contributed by atoms with E-state index in [1.807, 2.05) is 18.2 Å². The second kappa shape index (κ2) is 7.32. The zero-order valence-electron chi connectivity index (χ0n) is 16.0. The minimum atomic E-state index is 0.0528. The third-order valence-corrected chi connectivity index (χ3v) is 5.12. The van der Waals surface area contributed by atoms with Gasteiger partial charge in [-0.05, 0) is 66.8 Å². The summed E-state index contributed by atoms with van der Waals surface area (Å²) in [7, 11) is 0. The molecular formula is C25H24O2. The highest BCUT2D eigenvalue weighted by molar-refractivity contribution is 5.75. The molecule has 136 valence electrons. The zero-order chi connectivity index (χ0) is 18.8. The normalized spacial score (nSPS) is 15.5. The molecule has 1 atom stereocenters. The molecule has 0 unspecified atom stereocenters. The maximum absolute atomic E-state index is 6.09. The SMILES string of the molecule is Cc1ccc2c(c1C)O[C@@H](C)C=C2COc1ccc(-c2ccccc2)cc1. The minimum absolute atomic E-state index is 0.0528. The molecule has 2 heteroatoms. The average Bonchev–Trinajstić information content (AvgIpc) is 2.70. The van der Waals surface area contributed by atoms with Gasteiger partial charge >= 0.3 is 0 Å². The number of fused-ring (bicyclic) bond motifs is 1. The monoisotopic (exact) mass is 356 g/mol. The lowest BCUT2D eigenvalue weighted by Crippen LogP contribution is -2.18. The molecule has 0 N–H and O–H groups in total. The van der Waals surface area contributed by atoms with E-state index >= 15 is 0 Å². The van der Waals surface area contributed by atoms with Gasteiger partial charge in [-0.3, -0.25) is 0 Å². The van der Waals surface area contributed by atoms with Crippen molar-refractivity contribution in [3.8, 4) is 22.6 Å². The summed E-state index contributed by atoms with van der Waals surface area (Å²) >= 11 is 0. The molecule has 2 nitrogen and oxygen atoms in total. The van der Waals surface area contributed by atoms with Crippen molar-refractivity contribution in [1.82, 2.24) is 0 Å². The smallest absolute Gasteiger partial charge is 0.130 e. The standard InChI is InChI=1S/C25H24O2/c1-17-9-14-24-22(15-18(2)27-25(24)19(17)3)16-26-23-12-10-21(11-13-23)20-7-5-4-6-8-20/h4-15,18H,16H2,1-3H3/t18-/m0/s1. The Morgan fingerprint density at radius 3 is 2.30 bits per heavy atom. The average molecular weight is 356 g/mol. The maximum Gasteiger partial charge on any atom is 0.130 e. The van der Waals surface area contributed by atoms with Gasteiger partial charge in [-0.25, -0.2) is 0 Å². The van der Waals surface area contributed by atoms with Crippen molar-refractivity contribution < 1.29 is 9.47 Å². The van der Waals surface area contributed by atoms with E-state index in [4.69, 9.17) is 9.47 Å². The second-order valence-electron chi connectivity index (χ2n) is 7.08. The largest absolute Gasteiger partial charge is 0.489 e. The molecule has 0 saturated heterocycles. The van der Waals surface area contributed by atoms with E-state index in [0.29, 0.717) is 6.61 Å². The molecule has 0 spiro atoms. The van der Waals surface area contributed by atoms with E-state index in [-0.39, 0.29) is 6.10 Å². The molecule has 1 heterocycles. The molecule has 3 aromatic carbocycles. The first-order valence-corrected chi connectivity index (χ1v) is 9.38. The van der Waals surface area contributed by atoms with Crippen LogP contribution in [0.5, 0.6) is 11.5 Å². The molecule has 0 radical (unpaired) electrons. The van der Waals surface area contributed by atoms with Crippen molar-refractivity contribution in [2.75, 3.05) is 6.61 Å². The summed E-state index contributed by atoms with van der Waals surface area (Å²) in [5, 5.41) is 0. The van der Waals surface area contributed by atoms with Crippen molar-refractivity contribution in [2.45, 2.75) is 26.9 Å². The Morgan fingerprint density at radius 1 is 0.852 bits per heavy atom. The van der Waals surface area contributed by atoms with Gasteiger partial charge in [0.15, 0.2) is 0 Å². The second-order valence-corrected chi connectivity index (χ2v) is 7.08. The molecule has 27 heavy (non-hydrogen) atoms. The van der Waals surface area contributed by atoms with Crippen LogP contribution in [0, 0.1) is 13.8 Å². The Hall–Kier alpha value is -3.00. The molecule has 0 bridgehead atoms. The van der Waals surface area contributed by atoms with Crippen LogP contribution in [0.3, 0.4) is 0 Å². The van der Waals surface area contributed by atoms with E-state index in [9.17, 15) is 0 Å². The molecule has 1 aliphatic heterocycles. The molecule has 0 fully saturated rings. The highest BCUT2D eigenvalue weighted by Crippen LogP contribution is 2.36. The predicted octanol–water partition coefficient (Wildman–Crippen LogP) is 6.21. The molecule has 0 aliphatic carbocycles. The Balaban J connectivity index is 1.51. The number of aryl methyl sites for hydroxylation is 1. The lowest BCUT2D eigenvalue weighted by Gasteiger charge is -2.25. The van der Waals surface area contributed by atoms with Gasteiger partial charge in [0.05, 0.1) is 0 Å². The van der Waals surface area contributed by atoms with Gasteiger partial charge in [0.25, 0.3) is 0 Å². The van der Waals surface area contributed by atoms with Gasteiger partial charge in [-0.15, -0.1) is 0 Å². The van der Waals surface area contributed by atoms with Crippen LogP contribution in [0.4, 0.5) is 0 Å². The fourth-order valence-corrected chi connectivity index (χ4v) is 3.45. The number of rotatable bonds is 4. The van der Waals surface area contributed by atoms with Crippen molar-refractivity contribution in [1.29, 1.82) is 0 Å². The van der Waals surface area contributed by atoms with E-state index < -0.39 is 0 Å². The van der Waals surface area contributed by atoms with Crippen molar-refractivity contribution >= 4 is 5.57 Å². The van der Waals surface area contributed by atoms with E-state index in [0.717, 1.165) is 17.1 Å². The molecule has 3 aromatic rings. The van der Waals surface area contributed by atoms with Crippen LogP contribution in [0.25, 0.3) is 16.7 Å². The van der Waals surface area contributed by atoms with Crippen molar-refractivity contribution in [3.05, 3.63) is 89.5 Å². The van der Waals surface area contributed by atoms with Crippen LogP contribution < -0.4 is 9.47 Å². The van der Waals surface area contributed by atoms with E-state index in [2.05, 4.69) is 75.4 Å². The van der Waals surface area contributed by atoms with Crippen LogP contribution in [0.15, 0.2) is 72.8 Å². The lowest BCUT2D eigenvalue weighted by molar-refractivity contribution is 0.260. The maximum atomic E-state index is 6.09. The molecule has 0 aromatic heterocycles. The summed E-state index contributed by atoms with van der Waals surface area (Å²) in [5.41, 5.74) is 7.18. The van der Waals surface area contributed by atoms with Crippen LogP contribution in [0.2, 0.25) is 0 Å². The number of ether oxygens (including phenoxy) is 2. The number of benzene rings is 3. The quantitative estimate of drug-likeness (QED) is 0.553. The van der Waals surface area contributed by atoms with Gasteiger partial charge in [0.2, 0.25) is 0 Å². The summed E-state index contributed by atoms with van der Waals surface area (Å²) in [4.78, 5) is 0. The first-order chi connectivity index (χ1) is 13.1. The van der Waals surface area contributed by atoms with E-state index in [1.165, 1.54) is 27.8 Å². The van der Waals surface area contributed by atoms with Crippen LogP contribution in [-0.2, 0) is 0 Å². The minimum Gasteiger partial charge on any atom is -0.489 e. The Kier molecular flexibility index (Phi) is 4.72. The fraction of sp³-hybridized carbons (Fsp3) is 0.200. The summed E-state index contributed by atoms with van der Waals surface area (Å²) in [5.74, 6) is 1.86. The fourth-order valence-electron chi connectivity index (χ4n) is 3.45. The third kappa shape index (κ3) is 3.61. The van der Waals surface area contributed by atoms with Gasteiger partial charge in [-0.1, -0.05) is 54.6 Å². The molecule has 4 rings (SSSR count). The molecule has 1 aliphatic rings. The van der Waals surface area contributed by atoms with Gasteiger partial charge < -0.3 is 9.47 Å². The van der Waals surface area contributed by atoms with Crippen LogP contribution >= 0.6 is 0 Å². The van der Waals surface area contributed by atoms with E-state index in [1.54, 1.807) is 0 Å². The Morgan fingerprint density at radius 2 is 1.56 bits per heavy atom. The topological polar surface area (TPSA) is 18.5 Å². The summed E-state index contributed by atoms with van der Waals surface area (Å²) in [6, 6.07) is 22.9. The predicted molar refractivity (Wildman–Crippen MR) is 111 cm³/mol. The molecule has 0 amide bonds. The highest BCUT2D eigenvalue weighted by atomic mass is 16.5. The van der Waals surface area contributed by atoms with Crippen molar-refractivity contribution in [2.24, 2.45) is 0 Å². The van der Waals surface area contributed by atoms with Gasteiger partial charge in [-0.2, -0.15) is 0 Å².